The molecule has 13 heavy (non-hydrogen) atoms. The van der Waals surface area contributed by atoms with Crippen molar-refractivity contribution in [3.63, 3.8) is 0 Å². The summed E-state index contributed by atoms with van der Waals surface area (Å²) in [5.41, 5.74) is 0. The maximum Gasteiger partial charge on any atom is 0.0893 e. The minimum absolute atomic E-state index is 0. The van der Waals surface area contributed by atoms with E-state index in [9.17, 15) is 0 Å². The van der Waals surface area contributed by atoms with E-state index in [4.69, 9.17) is 0 Å². The standard InChI is InChI=1S/C10H20N2.ClH/c1-3-5-6-7-12-9-8-11(4-2)10-12;/h8-9H,3-7,10H2,1-2H3;1H. The second-order valence-electron chi connectivity index (χ2n) is 3.36. The van der Waals surface area contributed by atoms with Crippen LogP contribution < -0.4 is 0 Å². The molecule has 0 saturated heterocycles. The van der Waals surface area contributed by atoms with Crippen LogP contribution in [0.1, 0.15) is 33.1 Å². The fourth-order valence-corrected chi connectivity index (χ4v) is 1.43. The largest absolute Gasteiger partial charge is 0.359 e. The van der Waals surface area contributed by atoms with Gasteiger partial charge < -0.3 is 9.80 Å². The number of halogens is 1. The quantitative estimate of drug-likeness (QED) is 0.636. The molecule has 0 spiro atoms. The van der Waals surface area contributed by atoms with E-state index in [1.165, 1.54) is 25.8 Å². The Labute approximate surface area is 88.0 Å². The van der Waals surface area contributed by atoms with Crippen molar-refractivity contribution < 1.29 is 0 Å². The molecule has 0 aromatic carbocycles. The molecule has 1 heterocycles. The molecule has 1 aliphatic rings. The van der Waals surface area contributed by atoms with Crippen LogP contribution in [-0.2, 0) is 0 Å². The summed E-state index contributed by atoms with van der Waals surface area (Å²) in [4.78, 5) is 4.71. The van der Waals surface area contributed by atoms with Gasteiger partial charge in [0.05, 0.1) is 6.67 Å². The fraction of sp³-hybridized carbons (Fsp3) is 0.800. The van der Waals surface area contributed by atoms with Gasteiger partial charge in [0.2, 0.25) is 0 Å². The van der Waals surface area contributed by atoms with Crippen molar-refractivity contribution in [1.29, 1.82) is 0 Å². The van der Waals surface area contributed by atoms with Gasteiger partial charge in [0.15, 0.2) is 0 Å². The Morgan fingerprint density at radius 3 is 2.31 bits per heavy atom. The molecule has 2 nitrogen and oxygen atoms in total. The summed E-state index contributed by atoms with van der Waals surface area (Å²) in [5.74, 6) is 0. The number of rotatable bonds is 5. The zero-order chi connectivity index (χ0) is 8.81. The number of unbranched alkanes of at least 4 members (excludes halogenated alkanes) is 2. The Balaban J connectivity index is 0.00000144. The third-order valence-electron chi connectivity index (χ3n) is 2.31. The van der Waals surface area contributed by atoms with Crippen LogP contribution in [0, 0.1) is 0 Å². The molecule has 0 saturated carbocycles. The smallest absolute Gasteiger partial charge is 0.0893 e. The first kappa shape index (κ1) is 12.6. The molecule has 0 fully saturated rings. The maximum absolute atomic E-state index is 2.39. The highest BCUT2D eigenvalue weighted by molar-refractivity contribution is 5.85. The lowest BCUT2D eigenvalue weighted by atomic mass is 10.2. The predicted molar refractivity (Wildman–Crippen MR) is 59.9 cm³/mol. The van der Waals surface area contributed by atoms with E-state index >= 15 is 0 Å². The highest BCUT2D eigenvalue weighted by atomic mass is 35.5. The SMILES string of the molecule is CCCCCN1C=CN(CC)C1.Cl. The Bertz CT molecular complexity index is 148. The average molecular weight is 205 g/mol. The van der Waals surface area contributed by atoms with E-state index in [-0.39, 0.29) is 12.4 Å². The summed E-state index contributed by atoms with van der Waals surface area (Å²) in [5, 5.41) is 0. The second-order valence-corrected chi connectivity index (χ2v) is 3.36. The van der Waals surface area contributed by atoms with Crippen molar-refractivity contribution in [2.75, 3.05) is 19.8 Å². The maximum atomic E-state index is 2.39. The number of nitrogens with zero attached hydrogens (tertiary/aromatic N) is 2. The summed E-state index contributed by atoms with van der Waals surface area (Å²) >= 11 is 0. The Hall–Kier alpha value is -0.370. The van der Waals surface area contributed by atoms with E-state index in [0.29, 0.717) is 0 Å². The molecule has 78 valence electrons. The molecule has 1 aliphatic heterocycles. The van der Waals surface area contributed by atoms with Gasteiger partial charge >= 0.3 is 0 Å². The first-order valence-corrected chi connectivity index (χ1v) is 5.03. The molecule has 0 amide bonds. The van der Waals surface area contributed by atoms with Crippen molar-refractivity contribution in [2.24, 2.45) is 0 Å². The van der Waals surface area contributed by atoms with Gasteiger partial charge in [0, 0.05) is 25.5 Å². The molecule has 0 unspecified atom stereocenters. The van der Waals surface area contributed by atoms with Gasteiger partial charge in [-0.15, -0.1) is 12.4 Å². The predicted octanol–water partition coefficient (Wildman–Crippen LogP) is 2.66. The Morgan fingerprint density at radius 1 is 1.08 bits per heavy atom. The average Bonchev–Trinajstić information content (AvgIpc) is 2.53. The molecule has 0 aromatic rings. The molecule has 0 N–H and O–H groups in total. The van der Waals surface area contributed by atoms with Crippen LogP contribution in [0.3, 0.4) is 0 Å². The molecular weight excluding hydrogens is 184 g/mol. The van der Waals surface area contributed by atoms with Crippen molar-refractivity contribution in [3.05, 3.63) is 12.4 Å². The van der Waals surface area contributed by atoms with Crippen LogP contribution in [0.2, 0.25) is 0 Å². The first-order chi connectivity index (χ1) is 5.86. The van der Waals surface area contributed by atoms with Crippen LogP contribution in [0.4, 0.5) is 0 Å². The normalized spacial score (nSPS) is 14.9. The minimum atomic E-state index is 0. The molecule has 0 aromatic heterocycles. The van der Waals surface area contributed by atoms with Gasteiger partial charge in [-0.05, 0) is 13.3 Å². The molecule has 3 heteroatoms. The second kappa shape index (κ2) is 7.07. The van der Waals surface area contributed by atoms with E-state index < -0.39 is 0 Å². The number of hydrogen-bond donors (Lipinski definition) is 0. The van der Waals surface area contributed by atoms with Crippen molar-refractivity contribution in [3.8, 4) is 0 Å². The molecule has 0 radical (unpaired) electrons. The first-order valence-electron chi connectivity index (χ1n) is 5.03. The molecule has 0 atom stereocenters. The summed E-state index contributed by atoms with van der Waals surface area (Å²) in [6, 6.07) is 0. The van der Waals surface area contributed by atoms with Crippen LogP contribution >= 0.6 is 12.4 Å². The molecule has 0 bridgehead atoms. The number of hydrogen-bond acceptors (Lipinski definition) is 2. The van der Waals surface area contributed by atoms with Gasteiger partial charge in [0.1, 0.15) is 0 Å². The lowest BCUT2D eigenvalue weighted by Crippen LogP contribution is -2.25. The lowest BCUT2D eigenvalue weighted by Gasteiger charge is -2.19. The van der Waals surface area contributed by atoms with E-state index in [0.717, 1.165) is 13.2 Å². The summed E-state index contributed by atoms with van der Waals surface area (Å²) in [6.07, 6.45) is 8.40. The van der Waals surface area contributed by atoms with Crippen molar-refractivity contribution in [2.45, 2.75) is 33.1 Å². The molecule has 0 aliphatic carbocycles. The van der Waals surface area contributed by atoms with Gasteiger partial charge in [0.25, 0.3) is 0 Å². The molecular formula is C10H21ClN2. The summed E-state index contributed by atoms with van der Waals surface area (Å²) in [6.45, 7) is 7.89. The van der Waals surface area contributed by atoms with Gasteiger partial charge in [-0.1, -0.05) is 19.8 Å². The Kier molecular flexibility index (Phi) is 6.87. The van der Waals surface area contributed by atoms with Crippen LogP contribution in [-0.4, -0.2) is 29.6 Å². The van der Waals surface area contributed by atoms with Gasteiger partial charge in [-0.3, -0.25) is 0 Å². The van der Waals surface area contributed by atoms with E-state index in [1.807, 2.05) is 0 Å². The zero-order valence-corrected chi connectivity index (χ0v) is 9.52. The van der Waals surface area contributed by atoms with Crippen LogP contribution in [0.15, 0.2) is 12.4 Å². The zero-order valence-electron chi connectivity index (χ0n) is 8.70. The third-order valence-corrected chi connectivity index (χ3v) is 2.31. The van der Waals surface area contributed by atoms with Gasteiger partial charge in [-0.25, -0.2) is 0 Å². The topological polar surface area (TPSA) is 6.48 Å². The monoisotopic (exact) mass is 204 g/mol. The highest BCUT2D eigenvalue weighted by Crippen LogP contribution is 2.07. The van der Waals surface area contributed by atoms with Gasteiger partial charge in [-0.2, -0.15) is 0 Å². The summed E-state index contributed by atoms with van der Waals surface area (Å²) < 4.78 is 0. The lowest BCUT2D eigenvalue weighted by molar-refractivity contribution is 0.269. The summed E-state index contributed by atoms with van der Waals surface area (Å²) in [7, 11) is 0. The van der Waals surface area contributed by atoms with E-state index in [2.05, 4.69) is 36.0 Å². The minimum Gasteiger partial charge on any atom is -0.359 e. The van der Waals surface area contributed by atoms with Crippen LogP contribution in [0.25, 0.3) is 0 Å². The van der Waals surface area contributed by atoms with Crippen molar-refractivity contribution in [1.82, 2.24) is 9.80 Å². The Morgan fingerprint density at radius 2 is 1.77 bits per heavy atom. The van der Waals surface area contributed by atoms with E-state index in [1.54, 1.807) is 0 Å². The third kappa shape index (κ3) is 4.41. The van der Waals surface area contributed by atoms with Crippen LogP contribution in [0.5, 0.6) is 0 Å². The van der Waals surface area contributed by atoms with Crippen molar-refractivity contribution >= 4 is 12.4 Å². The highest BCUT2D eigenvalue weighted by Gasteiger charge is 2.08. The molecule has 1 rings (SSSR count). The fourth-order valence-electron chi connectivity index (χ4n) is 1.43.